The lowest BCUT2D eigenvalue weighted by Gasteiger charge is -2.28. The van der Waals surface area contributed by atoms with E-state index in [0.29, 0.717) is 36.8 Å². The molecule has 0 aromatic rings. The van der Waals surface area contributed by atoms with Gasteiger partial charge in [0, 0.05) is 25.2 Å². The van der Waals surface area contributed by atoms with E-state index >= 15 is 0 Å². The summed E-state index contributed by atoms with van der Waals surface area (Å²) in [6, 6.07) is 0. The molecule has 2 aliphatic rings. The number of ether oxygens (including phenoxy) is 4. The van der Waals surface area contributed by atoms with Crippen LogP contribution in [-0.2, 0) is 28.5 Å². The highest BCUT2D eigenvalue weighted by Crippen LogP contribution is 2.51. The van der Waals surface area contributed by atoms with E-state index in [9.17, 15) is 19.2 Å². The zero-order valence-corrected chi connectivity index (χ0v) is 17.5. The third kappa shape index (κ3) is 8.31. The maximum absolute atomic E-state index is 11.7. The summed E-state index contributed by atoms with van der Waals surface area (Å²) in [6.07, 6.45) is 4.09. The Morgan fingerprint density at radius 2 is 1.06 bits per heavy atom. The van der Waals surface area contributed by atoms with E-state index in [4.69, 9.17) is 18.9 Å². The first-order valence-electron chi connectivity index (χ1n) is 10.3. The van der Waals surface area contributed by atoms with Gasteiger partial charge in [-0.2, -0.15) is 0 Å². The zero-order valence-electron chi connectivity index (χ0n) is 17.5. The summed E-state index contributed by atoms with van der Waals surface area (Å²) >= 11 is 0. The Morgan fingerprint density at radius 1 is 0.677 bits per heavy atom. The minimum atomic E-state index is -0.558. The third-order valence-electron chi connectivity index (χ3n) is 5.62. The first kappa shape index (κ1) is 24.2. The van der Waals surface area contributed by atoms with Crippen LogP contribution in [0.25, 0.3) is 0 Å². The van der Waals surface area contributed by atoms with Crippen LogP contribution in [0.5, 0.6) is 0 Å². The Labute approximate surface area is 181 Å². The molecule has 2 fully saturated rings. The largest absolute Gasteiger partial charge is 0.459 e. The molecule has 172 valence electrons. The number of hydrogen-bond acceptors (Lipinski definition) is 8. The molecule has 4 atom stereocenters. The summed E-state index contributed by atoms with van der Waals surface area (Å²) in [5.41, 5.74) is 0. The molecule has 4 unspecified atom stereocenters. The number of esters is 2. The summed E-state index contributed by atoms with van der Waals surface area (Å²) in [6.45, 7) is 7.59. The van der Waals surface area contributed by atoms with Crippen molar-refractivity contribution in [2.24, 2.45) is 23.7 Å². The van der Waals surface area contributed by atoms with E-state index < -0.39 is 24.1 Å². The second kappa shape index (κ2) is 12.6. The number of carbonyl (C=O) groups is 4. The quantitative estimate of drug-likeness (QED) is 0.203. The van der Waals surface area contributed by atoms with Crippen LogP contribution in [0.4, 0.5) is 9.59 Å². The van der Waals surface area contributed by atoms with E-state index in [1.807, 2.05) is 0 Å². The molecule has 2 bridgehead atoms. The van der Waals surface area contributed by atoms with E-state index in [-0.39, 0.29) is 26.4 Å². The number of alkyl carbamates (subject to hydrolysis) is 2. The maximum atomic E-state index is 11.7. The van der Waals surface area contributed by atoms with Gasteiger partial charge in [-0.25, -0.2) is 19.2 Å². The fourth-order valence-electron chi connectivity index (χ4n) is 4.22. The van der Waals surface area contributed by atoms with Gasteiger partial charge in [-0.3, -0.25) is 0 Å². The molecular formula is C21H30N2O8. The molecule has 2 saturated carbocycles. The van der Waals surface area contributed by atoms with Crippen molar-refractivity contribution < 1.29 is 38.1 Å². The topological polar surface area (TPSA) is 129 Å². The predicted octanol–water partition coefficient (Wildman–Crippen LogP) is 1.56. The molecule has 0 aromatic heterocycles. The monoisotopic (exact) mass is 438 g/mol. The van der Waals surface area contributed by atoms with Crippen molar-refractivity contribution in [1.29, 1.82) is 0 Å². The molecule has 10 nitrogen and oxygen atoms in total. The lowest BCUT2D eigenvalue weighted by molar-refractivity contribution is -0.139. The van der Waals surface area contributed by atoms with Crippen molar-refractivity contribution in [2.75, 3.05) is 39.5 Å². The number of hydrogen-bond donors (Lipinski definition) is 2. The van der Waals surface area contributed by atoms with Gasteiger partial charge in [0.1, 0.15) is 26.4 Å². The van der Waals surface area contributed by atoms with Gasteiger partial charge in [-0.15, -0.1) is 0 Å². The molecule has 10 heteroatoms. The SMILES string of the molecule is C=CC(=O)OCCOC(=O)NCC1CC2CC1CC2CNC(=O)OCCOC(=O)C=C. The van der Waals surface area contributed by atoms with Gasteiger partial charge in [-0.1, -0.05) is 13.2 Å². The van der Waals surface area contributed by atoms with Gasteiger partial charge >= 0.3 is 24.1 Å². The number of fused-ring (bicyclic) bond motifs is 2. The average Bonchev–Trinajstić information content (AvgIpc) is 3.36. The van der Waals surface area contributed by atoms with Crippen LogP contribution in [0, 0.1) is 23.7 Å². The Hall–Kier alpha value is -3.04. The van der Waals surface area contributed by atoms with Crippen molar-refractivity contribution in [2.45, 2.75) is 19.3 Å². The third-order valence-corrected chi connectivity index (χ3v) is 5.62. The molecule has 2 N–H and O–H groups in total. The van der Waals surface area contributed by atoms with Crippen LogP contribution in [-0.4, -0.2) is 63.6 Å². The Kier molecular flexibility index (Phi) is 9.86. The van der Waals surface area contributed by atoms with Crippen molar-refractivity contribution in [1.82, 2.24) is 10.6 Å². The number of amides is 2. The second-order valence-electron chi connectivity index (χ2n) is 7.52. The summed E-state index contributed by atoms with van der Waals surface area (Å²) in [5.74, 6) is 0.660. The van der Waals surface area contributed by atoms with E-state index in [1.54, 1.807) is 0 Å². The Morgan fingerprint density at radius 3 is 1.42 bits per heavy atom. The predicted molar refractivity (Wildman–Crippen MR) is 109 cm³/mol. The lowest BCUT2D eigenvalue weighted by atomic mass is 9.82. The minimum absolute atomic E-state index is 0.0104. The zero-order chi connectivity index (χ0) is 22.6. The first-order chi connectivity index (χ1) is 14.9. The summed E-state index contributed by atoms with van der Waals surface area (Å²) in [7, 11) is 0. The van der Waals surface area contributed by atoms with Crippen molar-refractivity contribution in [3.8, 4) is 0 Å². The van der Waals surface area contributed by atoms with Crippen LogP contribution in [0.15, 0.2) is 25.3 Å². The number of rotatable bonds is 12. The van der Waals surface area contributed by atoms with Gasteiger partial charge in [0.2, 0.25) is 0 Å². The van der Waals surface area contributed by atoms with E-state index in [0.717, 1.165) is 31.4 Å². The highest BCUT2D eigenvalue weighted by molar-refractivity contribution is 5.81. The van der Waals surface area contributed by atoms with Crippen LogP contribution >= 0.6 is 0 Å². The van der Waals surface area contributed by atoms with Crippen LogP contribution in [0.3, 0.4) is 0 Å². The van der Waals surface area contributed by atoms with Crippen molar-refractivity contribution in [3.05, 3.63) is 25.3 Å². The van der Waals surface area contributed by atoms with Crippen LogP contribution in [0.2, 0.25) is 0 Å². The molecule has 0 aromatic carbocycles. The standard InChI is InChI=1S/C21H30N2O8/c1-3-18(24)28-5-7-30-20(26)22-12-16-10-15-9-14(16)11-17(15)13-23-21(27)31-8-6-29-19(25)4-2/h3-4,14-17H,1-2,5-13H2,(H,22,26)(H,23,27). The van der Waals surface area contributed by atoms with Gasteiger partial charge < -0.3 is 29.6 Å². The molecule has 0 radical (unpaired) electrons. The van der Waals surface area contributed by atoms with E-state index in [2.05, 4.69) is 23.8 Å². The summed E-state index contributed by atoms with van der Waals surface area (Å²) in [4.78, 5) is 45.2. The van der Waals surface area contributed by atoms with Gasteiger partial charge in [0.05, 0.1) is 0 Å². The fraction of sp³-hybridized carbons (Fsp3) is 0.619. The summed E-state index contributed by atoms with van der Waals surface area (Å²) in [5, 5.41) is 5.53. The van der Waals surface area contributed by atoms with Gasteiger partial charge in [0.15, 0.2) is 0 Å². The lowest BCUT2D eigenvalue weighted by Crippen LogP contribution is -2.36. The average molecular weight is 438 g/mol. The molecule has 0 saturated heterocycles. The fourth-order valence-corrected chi connectivity index (χ4v) is 4.22. The molecule has 2 aliphatic carbocycles. The molecular weight excluding hydrogens is 408 g/mol. The molecule has 0 aliphatic heterocycles. The molecule has 0 spiro atoms. The van der Waals surface area contributed by atoms with Crippen molar-refractivity contribution in [3.63, 3.8) is 0 Å². The summed E-state index contributed by atoms with van der Waals surface area (Å²) < 4.78 is 19.4. The number of nitrogens with one attached hydrogen (secondary N) is 2. The normalized spacial score (nSPS) is 23.4. The first-order valence-corrected chi connectivity index (χ1v) is 10.3. The number of carbonyl (C=O) groups excluding carboxylic acids is 4. The molecule has 31 heavy (non-hydrogen) atoms. The Bertz CT molecular complexity index is 624. The van der Waals surface area contributed by atoms with Gasteiger partial charge in [-0.05, 0) is 42.9 Å². The highest BCUT2D eigenvalue weighted by atomic mass is 16.6. The van der Waals surface area contributed by atoms with Crippen molar-refractivity contribution >= 4 is 24.1 Å². The van der Waals surface area contributed by atoms with Crippen LogP contribution < -0.4 is 10.6 Å². The molecule has 2 rings (SSSR count). The second-order valence-corrected chi connectivity index (χ2v) is 7.52. The minimum Gasteiger partial charge on any atom is -0.459 e. The highest BCUT2D eigenvalue weighted by Gasteiger charge is 2.45. The Balaban J connectivity index is 1.54. The molecule has 0 heterocycles. The molecule has 2 amide bonds. The van der Waals surface area contributed by atoms with Crippen LogP contribution in [0.1, 0.15) is 19.3 Å². The van der Waals surface area contributed by atoms with E-state index in [1.165, 1.54) is 0 Å². The van der Waals surface area contributed by atoms with Gasteiger partial charge in [0.25, 0.3) is 0 Å². The smallest absolute Gasteiger partial charge is 0.407 e. The maximum Gasteiger partial charge on any atom is 0.407 e.